The van der Waals surface area contributed by atoms with E-state index in [-0.39, 0.29) is 0 Å². The van der Waals surface area contributed by atoms with Crippen molar-refractivity contribution in [2.75, 3.05) is 13.6 Å². The number of nitrogens with one attached hydrogen (secondary N) is 1. The zero-order chi connectivity index (χ0) is 12.4. The first-order chi connectivity index (χ1) is 8.11. The van der Waals surface area contributed by atoms with E-state index in [1.54, 1.807) is 22.7 Å². The van der Waals surface area contributed by atoms with Crippen LogP contribution in [0.5, 0.6) is 0 Å². The Kier molecular flexibility index (Phi) is 3.91. The molecule has 0 aromatic carbocycles. The Morgan fingerprint density at radius 1 is 1.35 bits per heavy atom. The number of hydrogen-bond acceptors (Lipinski definition) is 5. The normalized spacial score (nSPS) is 12.9. The molecule has 0 saturated carbocycles. The van der Waals surface area contributed by atoms with Crippen LogP contribution in [0.2, 0.25) is 0 Å². The molecule has 1 atom stereocenters. The molecule has 1 unspecified atom stereocenters. The van der Waals surface area contributed by atoms with Gasteiger partial charge in [0, 0.05) is 22.7 Å². The zero-order valence-corrected chi connectivity index (χ0v) is 12.2. The first kappa shape index (κ1) is 12.7. The summed E-state index contributed by atoms with van der Waals surface area (Å²) >= 11 is 3.46. The van der Waals surface area contributed by atoms with Crippen LogP contribution >= 0.6 is 22.7 Å². The number of rotatable bonds is 4. The summed E-state index contributed by atoms with van der Waals surface area (Å²) in [5.41, 5.74) is 2.07. The van der Waals surface area contributed by atoms with Crippen LogP contribution in [0, 0.1) is 13.8 Å². The summed E-state index contributed by atoms with van der Waals surface area (Å²) in [6.07, 6.45) is 0. The maximum Gasteiger partial charge on any atom is 0.104 e. The van der Waals surface area contributed by atoms with E-state index in [1.807, 2.05) is 14.0 Å². The average molecular weight is 267 g/mol. The summed E-state index contributed by atoms with van der Waals surface area (Å²) in [6.45, 7) is 7.30. The van der Waals surface area contributed by atoms with Gasteiger partial charge in [-0.05, 0) is 20.9 Å². The number of likely N-dealkylation sites (N-methyl/N-ethyl adjacent to an activating group) is 1. The topological polar surface area (TPSA) is 37.8 Å². The van der Waals surface area contributed by atoms with E-state index in [9.17, 15) is 0 Å². The first-order valence-corrected chi connectivity index (χ1v) is 7.36. The van der Waals surface area contributed by atoms with Crippen molar-refractivity contribution < 1.29 is 0 Å². The highest BCUT2D eigenvalue weighted by molar-refractivity contribution is 7.12. The third-order valence-corrected chi connectivity index (χ3v) is 4.56. The molecule has 0 aliphatic rings. The van der Waals surface area contributed by atoms with Crippen molar-refractivity contribution in [1.82, 2.24) is 15.3 Å². The largest absolute Gasteiger partial charge is 0.319 e. The van der Waals surface area contributed by atoms with E-state index in [2.05, 4.69) is 29.5 Å². The molecule has 0 saturated heterocycles. The second-order valence-corrected chi connectivity index (χ2v) is 6.46. The van der Waals surface area contributed by atoms with E-state index in [1.165, 1.54) is 9.88 Å². The van der Waals surface area contributed by atoms with Crippen LogP contribution in [-0.2, 0) is 0 Å². The van der Waals surface area contributed by atoms with Gasteiger partial charge >= 0.3 is 0 Å². The molecule has 0 radical (unpaired) electrons. The van der Waals surface area contributed by atoms with Gasteiger partial charge in [-0.1, -0.05) is 6.92 Å². The van der Waals surface area contributed by atoms with Crippen molar-refractivity contribution >= 4 is 22.7 Å². The molecule has 92 valence electrons. The molecule has 2 heterocycles. The van der Waals surface area contributed by atoms with Crippen molar-refractivity contribution in [3.63, 3.8) is 0 Å². The van der Waals surface area contributed by atoms with E-state index in [4.69, 9.17) is 4.98 Å². The summed E-state index contributed by atoms with van der Waals surface area (Å²) in [7, 11) is 1.97. The molecule has 1 N–H and O–H groups in total. The summed E-state index contributed by atoms with van der Waals surface area (Å²) < 4.78 is 0. The van der Waals surface area contributed by atoms with Gasteiger partial charge in [-0.25, -0.2) is 9.97 Å². The summed E-state index contributed by atoms with van der Waals surface area (Å²) in [5.74, 6) is 0.457. The predicted octanol–water partition coefficient (Wildman–Crippen LogP) is 3.21. The van der Waals surface area contributed by atoms with Crippen LogP contribution in [0.15, 0.2) is 5.38 Å². The lowest BCUT2D eigenvalue weighted by atomic mass is 10.2. The number of hydrogen-bond donors (Lipinski definition) is 1. The lowest BCUT2D eigenvalue weighted by molar-refractivity contribution is 0.674. The Hall–Kier alpha value is -0.780. The minimum atomic E-state index is 0.457. The molecule has 0 spiro atoms. The fraction of sp³-hybridized carbons (Fsp3) is 0.500. The Morgan fingerprint density at radius 2 is 2.12 bits per heavy atom. The van der Waals surface area contributed by atoms with Gasteiger partial charge in [0.05, 0.1) is 10.0 Å². The predicted molar refractivity (Wildman–Crippen MR) is 75.0 cm³/mol. The Balaban J connectivity index is 2.26. The highest BCUT2D eigenvalue weighted by atomic mass is 32.1. The molecule has 3 nitrogen and oxygen atoms in total. The number of thiazole rings is 2. The fourth-order valence-electron chi connectivity index (χ4n) is 1.78. The van der Waals surface area contributed by atoms with E-state index >= 15 is 0 Å². The lowest BCUT2D eigenvalue weighted by Gasteiger charge is -2.05. The SMILES string of the molecule is CNCC(C)c1nc(-c2nc(C)sc2C)cs1. The highest BCUT2D eigenvalue weighted by Crippen LogP contribution is 2.30. The van der Waals surface area contributed by atoms with Crippen molar-refractivity contribution in [2.24, 2.45) is 0 Å². The average Bonchev–Trinajstić information content (AvgIpc) is 2.85. The van der Waals surface area contributed by atoms with Crippen LogP contribution < -0.4 is 5.32 Å². The molecular formula is C12H17N3S2. The fourth-order valence-corrected chi connectivity index (χ4v) is 3.47. The second kappa shape index (κ2) is 5.25. The van der Waals surface area contributed by atoms with Crippen LogP contribution in [-0.4, -0.2) is 23.6 Å². The highest BCUT2D eigenvalue weighted by Gasteiger charge is 2.14. The number of aryl methyl sites for hydroxylation is 2. The molecule has 5 heteroatoms. The van der Waals surface area contributed by atoms with Gasteiger partial charge in [-0.15, -0.1) is 22.7 Å². The summed E-state index contributed by atoms with van der Waals surface area (Å²) in [4.78, 5) is 10.5. The van der Waals surface area contributed by atoms with Gasteiger partial charge in [-0.3, -0.25) is 0 Å². The molecule has 2 rings (SSSR count). The van der Waals surface area contributed by atoms with Gasteiger partial charge < -0.3 is 5.32 Å². The third-order valence-electron chi connectivity index (χ3n) is 2.60. The van der Waals surface area contributed by atoms with Crippen LogP contribution in [0.3, 0.4) is 0 Å². The smallest absolute Gasteiger partial charge is 0.104 e. The number of aromatic nitrogens is 2. The molecule has 0 fully saturated rings. The molecule has 0 aliphatic carbocycles. The third kappa shape index (κ3) is 2.73. The van der Waals surface area contributed by atoms with Crippen LogP contribution in [0.1, 0.15) is 27.7 Å². The molecule has 2 aromatic heterocycles. The lowest BCUT2D eigenvalue weighted by Crippen LogP contribution is -2.14. The van der Waals surface area contributed by atoms with Gasteiger partial charge in [0.15, 0.2) is 0 Å². The van der Waals surface area contributed by atoms with Crippen LogP contribution in [0.25, 0.3) is 11.4 Å². The van der Waals surface area contributed by atoms with E-state index < -0.39 is 0 Å². The van der Waals surface area contributed by atoms with Gasteiger partial charge in [0.1, 0.15) is 11.4 Å². The summed E-state index contributed by atoms with van der Waals surface area (Å²) in [5, 5.41) is 7.58. The molecule has 0 aliphatic heterocycles. The first-order valence-electron chi connectivity index (χ1n) is 5.66. The minimum absolute atomic E-state index is 0.457. The number of nitrogens with zero attached hydrogens (tertiary/aromatic N) is 2. The molecule has 0 bridgehead atoms. The van der Waals surface area contributed by atoms with Crippen molar-refractivity contribution in [3.05, 3.63) is 20.3 Å². The standard InChI is InChI=1S/C12H17N3S2/c1-7(5-13-4)12-15-10(6-16-12)11-8(2)17-9(3)14-11/h6-7,13H,5H2,1-4H3. The van der Waals surface area contributed by atoms with Crippen LogP contribution in [0.4, 0.5) is 0 Å². The monoisotopic (exact) mass is 267 g/mol. The Morgan fingerprint density at radius 3 is 2.71 bits per heavy atom. The zero-order valence-electron chi connectivity index (χ0n) is 10.6. The van der Waals surface area contributed by atoms with Crippen molar-refractivity contribution in [1.29, 1.82) is 0 Å². The van der Waals surface area contributed by atoms with Gasteiger partial charge in [0.25, 0.3) is 0 Å². The molecular weight excluding hydrogens is 250 g/mol. The van der Waals surface area contributed by atoms with Crippen molar-refractivity contribution in [3.8, 4) is 11.4 Å². The van der Waals surface area contributed by atoms with Gasteiger partial charge in [0.2, 0.25) is 0 Å². The van der Waals surface area contributed by atoms with Gasteiger partial charge in [-0.2, -0.15) is 0 Å². The maximum atomic E-state index is 4.70. The minimum Gasteiger partial charge on any atom is -0.319 e. The van der Waals surface area contributed by atoms with E-state index in [0.717, 1.165) is 22.9 Å². The van der Waals surface area contributed by atoms with Crippen molar-refractivity contribution in [2.45, 2.75) is 26.7 Å². The maximum absolute atomic E-state index is 4.70. The molecule has 17 heavy (non-hydrogen) atoms. The Bertz CT molecular complexity index is 502. The van der Waals surface area contributed by atoms with E-state index in [0.29, 0.717) is 5.92 Å². The quantitative estimate of drug-likeness (QED) is 0.924. The second-order valence-electron chi connectivity index (χ2n) is 4.17. The summed E-state index contributed by atoms with van der Waals surface area (Å²) in [6, 6.07) is 0. The molecule has 2 aromatic rings. The Labute approximate surface area is 110 Å². The molecule has 0 amide bonds.